The normalized spacial score (nSPS) is 10.8. The molecule has 3 nitrogen and oxygen atoms in total. The molecule has 0 bridgehead atoms. The molecule has 3 aromatic rings. The van der Waals surface area contributed by atoms with Crippen molar-refractivity contribution in [3.63, 3.8) is 0 Å². The number of hydrogen-bond acceptors (Lipinski definition) is 3. The van der Waals surface area contributed by atoms with Gasteiger partial charge in [-0.3, -0.25) is 0 Å². The first-order chi connectivity index (χ1) is 10.1. The van der Waals surface area contributed by atoms with Crippen molar-refractivity contribution in [3.05, 3.63) is 59.4 Å². The summed E-state index contributed by atoms with van der Waals surface area (Å²) >= 11 is 0. The van der Waals surface area contributed by atoms with Crippen LogP contribution in [0, 0.1) is 19.7 Å². The molecule has 0 aliphatic carbocycles. The highest BCUT2D eigenvalue weighted by atomic mass is 19.1. The second-order valence-electron chi connectivity index (χ2n) is 5.10. The average Bonchev–Trinajstić information content (AvgIpc) is 2.85. The van der Waals surface area contributed by atoms with E-state index in [9.17, 15) is 4.39 Å². The van der Waals surface area contributed by atoms with Crippen LogP contribution in [0.4, 0.5) is 10.2 Å². The predicted molar refractivity (Wildman–Crippen MR) is 81.2 cm³/mol. The van der Waals surface area contributed by atoms with Crippen molar-refractivity contribution < 1.29 is 8.91 Å². The van der Waals surface area contributed by atoms with Crippen molar-refractivity contribution in [1.82, 2.24) is 5.16 Å². The molecule has 0 aliphatic heterocycles. The molecule has 0 spiro atoms. The first-order valence-corrected chi connectivity index (χ1v) is 6.65. The fourth-order valence-electron chi connectivity index (χ4n) is 2.23. The predicted octanol–water partition coefficient (Wildman–Crippen LogP) is 4.35. The number of halogens is 1. The maximum Gasteiger partial charge on any atom is 0.177 e. The van der Waals surface area contributed by atoms with Gasteiger partial charge < -0.3 is 10.3 Å². The molecule has 106 valence electrons. The van der Waals surface area contributed by atoms with Crippen LogP contribution in [0.1, 0.15) is 11.1 Å². The van der Waals surface area contributed by atoms with Crippen LogP contribution in [0.2, 0.25) is 0 Å². The zero-order valence-electron chi connectivity index (χ0n) is 11.9. The van der Waals surface area contributed by atoms with E-state index in [2.05, 4.69) is 5.16 Å². The molecule has 2 aromatic carbocycles. The van der Waals surface area contributed by atoms with Crippen molar-refractivity contribution in [2.24, 2.45) is 0 Å². The molecule has 0 saturated heterocycles. The van der Waals surface area contributed by atoms with E-state index in [0.29, 0.717) is 28.3 Å². The second kappa shape index (κ2) is 5.05. The summed E-state index contributed by atoms with van der Waals surface area (Å²) in [5, 5.41) is 3.82. The van der Waals surface area contributed by atoms with E-state index in [1.165, 1.54) is 6.07 Å². The number of anilines is 1. The van der Waals surface area contributed by atoms with Gasteiger partial charge in [0.05, 0.1) is 5.56 Å². The van der Waals surface area contributed by atoms with E-state index in [0.717, 1.165) is 11.1 Å². The number of nitrogens with two attached hydrogens (primary N) is 1. The van der Waals surface area contributed by atoms with Gasteiger partial charge in [0, 0.05) is 5.56 Å². The maximum atomic E-state index is 13.8. The van der Waals surface area contributed by atoms with Crippen molar-refractivity contribution >= 4 is 5.82 Å². The third-order valence-corrected chi connectivity index (χ3v) is 3.49. The molecule has 0 radical (unpaired) electrons. The Morgan fingerprint density at radius 3 is 2.33 bits per heavy atom. The van der Waals surface area contributed by atoms with E-state index in [1.54, 1.807) is 19.1 Å². The lowest BCUT2D eigenvalue weighted by Gasteiger charge is -2.04. The molecule has 4 heteroatoms. The van der Waals surface area contributed by atoms with Crippen LogP contribution in [0.25, 0.3) is 22.5 Å². The van der Waals surface area contributed by atoms with Crippen molar-refractivity contribution in [1.29, 1.82) is 0 Å². The van der Waals surface area contributed by atoms with Gasteiger partial charge in [-0.2, -0.15) is 0 Å². The molecule has 1 heterocycles. The lowest BCUT2D eigenvalue weighted by molar-refractivity contribution is 0.436. The first-order valence-electron chi connectivity index (χ1n) is 6.65. The molecule has 0 aliphatic rings. The van der Waals surface area contributed by atoms with Gasteiger partial charge in [0.1, 0.15) is 5.82 Å². The van der Waals surface area contributed by atoms with Gasteiger partial charge >= 0.3 is 0 Å². The minimum absolute atomic E-state index is 0.280. The zero-order valence-corrected chi connectivity index (χ0v) is 11.9. The maximum absolute atomic E-state index is 13.8. The summed E-state index contributed by atoms with van der Waals surface area (Å²) in [6, 6.07) is 12.8. The summed E-state index contributed by atoms with van der Waals surface area (Å²) in [6.45, 7) is 3.73. The van der Waals surface area contributed by atoms with Gasteiger partial charge in [-0.1, -0.05) is 47.1 Å². The number of benzene rings is 2. The second-order valence-corrected chi connectivity index (χ2v) is 5.10. The molecule has 0 amide bonds. The highest BCUT2D eigenvalue weighted by Crippen LogP contribution is 2.37. The minimum atomic E-state index is -0.280. The fraction of sp³-hybridized carbons (Fsp3) is 0.118. The van der Waals surface area contributed by atoms with Gasteiger partial charge in [-0.05, 0) is 31.0 Å². The molecule has 0 fully saturated rings. The number of aromatic nitrogens is 1. The summed E-state index contributed by atoms with van der Waals surface area (Å²) in [5.74, 6) is 0.502. The first kappa shape index (κ1) is 13.4. The lowest BCUT2D eigenvalue weighted by atomic mass is 10.00. The number of aryl methyl sites for hydroxylation is 2. The smallest absolute Gasteiger partial charge is 0.177 e. The van der Waals surface area contributed by atoms with Crippen LogP contribution in [0.5, 0.6) is 0 Å². The standard InChI is InChI=1S/C17H15FN2O/c1-10-3-6-12(7-4-10)15-16(21-20-17(15)19)13-8-5-11(2)14(18)9-13/h3-9H,1-2H3,(H2,19,20). The third-order valence-electron chi connectivity index (χ3n) is 3.49. The van der Waals surface area contributed by atoms with Crippen molar-refractivity contribution in [2.45, 2.75) is 13.8 Å². The largest absolute Gasteiger partial charge is 0.380 e. The highest BCUT2D eigenvalue weighted by Gasteiger charge is 2.18. The lowest BCUT2D eigenvalue weighted by Crippen LogP contribution is -1.90. The molecule has 2 N–H and O–H groups in total. The number of rotatable bonds is 2. The highest BCUT2D eigenvalue weighted by molar-refractivity contribution is 5.86. The Labute approximate surface area is 122 Å². The number of hydrogen-bond donors (Lipinski definition) is 1. The van der Waals surface area contributed by atoms with Crippen LogP contribution >= 0.6 is 0 Å². The molecular formula is C17H15FN2O. The monoisotopic (exact) mass is 282 g/mol. The van der Waals surface area contributed by atoms with Gasteiger partial charge in [0.25, 0.3) is 0 Å². The van der Waals surface area contributed by atoms with Crippen molar-refractivity contribution in [2.75, 3.05) is 5.73 Å². The molecular weight excluding hydrogens is 267 g/mol. The Morgan fingerprint density at radius 1 is 1.00 bits per heavy atom. The Kier molecular flexibility index (Phi) is 3.22. The van der Waals surface area contributed by atoms with E-state index >= 15 is 0 Å². The summed E-state index contributed by atoms with van der Waals surface area (Å²) in [4.78, 5) is 0. The van der Waals surface area contributed by atoms with E-state index < -0.39 is 0 Å². The summed E-state index contributed by atoms with van der Waals surface area (Å²) < 4.78 is 19.1. The van der Waals surface area contributed by atoms with Crippen LogP contribution in [0.15, 0.2) is 47.0 Å². The number of nitrogen functional groups attached to an aromatic ring is 1. The van der Waals surface area contributed by atoms with Gasteiger partial charge in [0.2, 0.25) is 0 Å². The Hall–Kier alpha value is -2.62. The SMILES string of the molecule is Cc1ccc(-c2c(N)noc2-c2ccc(C)c(F)c2)cc1. The van der Waals surface area contributed by atoms with Crippen LogP contribution in [-0.4, -0.2) is 5.16 Å². The van der Waals surface area contributed by atoms with Crippen molar-refractivity contribution in [3.8, 4) is 22.5 Å². The van der Waals surface area contributed by atoms with Crippen LogP contribution in [-0.2, 0) is 0 Å². The van der Waals surface area contributed by atoms with Gasteiger partial charge in [-0.15, -0.1) is 0 Å². The number of nitrogens with zero attached hydrogens (tertiary/aromatic N) is 1. The van der Waals surface area contributed by atoms with Crippen LogP contribution < -0.4 is 5.73 Å². The summed E-state index contributed by atoms with van der Waals surface area (Å²) in [7, 11) is 0. The molecule has 3 rings (SSSR count). The molecule has 1 aromatic heterocycles. The van der Waals surface area contributed by atoms with E-state index in [-0.39, 0.29) is 5.82 Å². The molecule has 0 unspecified atom stereocenters. The fourth-order valence-corrected chi connectivity index (χ4v) is 2.23. The molecule has 0 saturated carbocycles. The Bertz CT molecular complexity index is 791. The van der Waals surface area contributed by atoms with Crippen LogP contribution in [0.3, 0.4) is 0 Å². The molecule has 21 heavy (non-hydrogen) atoms. The Balaban J connectivity index is 2.16. The minimum Gasteiger partial charge on any atom is -0.380 e. The zero-order chi connectivity index (χ0) is 15.0. The molecule has 0 atom stereocenters. The Morgan fingerprint density at radius 2 is 1.67 bits per heavy atom. The third kappa shape index (κ3) is 2.40. The summed E-state index contributed by atoms with van der Waals surface area (Å²) in [5.41, 5.74) is 9.87. The summed E-state index contributed by atoms with van der Waals surface area (Å²) in [6.07, 6.45) is 0. The average molecular weight is 282 g/mol. The van der Waals surface area contributed by atoms with Gasteiger partial charge in [0.15, 0.2) is 11.6 Å². The topological polar surface area (TPSA) is 52.0 Å². The quantitative estimate of drug-likeness (QED) is 0.760. The van der Waals surface area contributed by atoms with E-state index in [1.807, 2.05) is 31.2 Å². The van der Waals surface area contributed by atoms with Gasteiger partial charge in [-0.25, -0.2) is 4.39 Å². The van der Waals surface area contributed by atoms with E-state index in [4.69, 9.17) is 10.3 Å².